The molecule has 0 radical (unpaired) electrons. The molecular weight excluding hydrogens is 370 g/mol. The standard InChI is InChI=1S/C22H25N3O2S/c1-14(2)25-18-10-9-16(21(26)24-12-5-4-7-15(24)3)13-19(18)28-20-17(22(25)27)8-6-11-23-20/h6,8-11,13-15H,4-5,7,12H2,1-3H3. The number of fused-ring (bicyclic) bond motifs is 2. The summed E-state index contributed by atoms with van der Waals surface area (Å²) in [6.07, 6.45) is 4.99. The van der Waals surface area contributed by atoms with E-state index in [9.17, 15) is 9.59 Å². The van der Waals surface area contributed by atoms with Gasteiger partial charge in [0.05, 0.1) is 11.3 Å². The largest absolute Gasteiger partial charge is 0.336 e. The molecule has 0 aliphatic carbocycles. The van der Waals surface area contributed by atoms with Gasteiger partial charge in [0.2, 0.25) is 0 Å². The number of carbonyl (C=O) groups is 2. The van der Waals surface area contributed by atoms with Gasteiger partial charge in [-0.15, -0.1) is 0 Å². The normalized spacial score (nSPS) is 19.3. The van der Waals surface area contributed by atoms with Crippen LogP contribution in [0.5, 0.6) is 0 Å². The minimum atomic E-state index is -0.0481. The van der Waals surface area contributed by atoms with Crippen molar-refractivity contribution >= 4 is 29.3 Å². The van der Waals surface area contributed by atoms with Crippen LogP contribution in [-0.4, -0.2) is 40.3 Å². The fourth-order valence-corrected chi connectivity index (χ4v) is 5.03. The lowest BCUT2D eigenvalue weighted by Crippen LogP contribution is -2.42. The van der Waals surface area contributed by atoms with Gasteiger partial charge in [-0.2, -0.15) is 0 Å². The van der Waals surface area contributed by atoms with Crippen molar-refractivity contribution in [3.05, 3.63) is 47.7 Å². The number of piperidine rings is 1. The number of rotatable bonds is 2. The maximum absolute atomic E-state index is 13.1. The Hall–Kier alpha value is -2.34. The third-order valence-electron chi connectivity index (χ3n) is 5.47. The second-order valence-corrected chi connectivity index (χ2v) is 8.78. The first-order chi connectivity index (χ1) is 13.5. The van der Waals surface area contributed by atoms with Gasteiger partial charge in [-0.1, -0.05) is 11.8 Å². The van der Waals surface area contributed by atoms with Crippen LogP contribution < -0.4 is 4.90 Å². The first-order valence-electron chi connectivity index (χ1n) is 9.89. The molecule has 0 bridgehead atoms. The van der Waals surface area contributed by atoms with E-state index in [-0.39, 0.29) is 23.9 Å². The van der Waals surface area contributed by atoms with Crippen molar-refractivity contribution in [2.75, 3.05) is 11.4 Å². The molecule has 0 N–H and O–H groups in total. The van der Waals surface area contributed by atoms with Crippen LogP contribution in [0.1, 0.15) is 60.7 Å². The van der Waals surface area contributed by atoms with Crippen molar-refractivity contribution < 1.29 is 9.59 Å². The molecule has 0 saturated carbocycles. The van der Waals surface area contributed by atoms with Crippen molar-refractivity contribution in [3.8, 4) is 0 Å². The topological polar surface area (TPSA) is 53.5 Å². The number of benzene rings is 1. The van der Waals surface area contributed by atoms with E-state index in [1.54, 1.807) is 17.2 Å². The highest BCUT2D eigenvalue weighted by Crippen LogP contribution is 2.41. The average molecular weight is 396 g/mol. The number of pyridine rings is 1. The van der Waals surface area contributed by atoms with Crippen LogP contribution in [0.2, 0.25) is 0 Å². The quantitative estimate of drug-likeness (QED) is 0.745. The Morgan fingerprint density at radius 2 is 2.07 bits per heavy atom. The molecule has 6 heteroatoms. The zero-order valence-corrected chi connectivity index (χ0v) is 17.3. The molecule has 5 nitrogen and oxygen atoms in total. The van der Waals surface area contributed by atoms with Crippen LogP contribution in [0.15, 0.2) is 46.5 Å². The van der Waals surface area contributed by atoms with Gasteiger partial charge >= 0.3 is 0 Å². The number of amides is 2. The van der Waals surface area contributed by atoms with Crippen LogP contribution in [-0.2, 0) is 0 Å². The molecule has 2 aromatic rings. The van der Waals surface area contributed by atoms with E-state index in [4.69, 9.17) is 0 Å². The lowest BCUT2D eigenvalue weighted by Gasteiger charge is -2.33. The molecule has 1 saturated heterocycles. The summed E-state index contributed by atoms with van der Waals surface area (Å²) in [5, 5.41) is 0.688. The molecule has 4 rings (SSSR count). The third kappa shape index (κ3) is 3.30. The smallest absolute Gasteiger partial charge is 0.261 e. The molecular formula is C22H25N3O2S. The maximum Gasteiger partial charge on any atom is 0.261 e. The fourth-order valence-electron chi connectivity index (χ4n) is 3.98. The predicted molar refractivity (Wildman–Crippen MR) is 111 cm³/mol. The zero-order valence-electron chi connectivity index (χ0n) is 16.5. The summed E-state index contributed by atoms with van der Waals surface area (Å²) in [6, 6.07) is 9.57. The summed E-state index contributed by atoms with van der Waals surface area (Å²) in [6.45, 7) is 6.93. The molecule has 28 heavy (non-hydrogen) atoms. The van der Waals surface area contributed by atoms with Crippen LogP contribution in [0.3, 0.4) is 0 Å². The lowest BCUT2D eigenvalue weighted by molar-refractivity contribution is 0.0635. The molecule has 2 amide bonds. The Kier molecular flexibility index (Phi) is 5.15. The summed E-state index contributed by atoms with van der Waals surface area (Å²) in [5.41, 5.74) is 2.12. The van der Waals surface area contributed by atoms with E-state index in [1.807, 2.05) is 43.0 Å². The molecule has 1 atom stereocenters. The van der Waals surface area contributed by atoms with Gasteiger partial charge in [-0.25, -0.2) is 4.98 Å². The van der Waals surface area contributed by atoms with E-state index in [2.05, 4.69) is 11.9 Å². The number of nitrogens with zero attached hydrogens (tertiary/aromatic N) is 3. The lowest BCUT2D eigenvalue weighted by atomic mass is 10.0. The Morgan fingerprint density at radius 1 is 1.25 bits per heavy atom. The van der Waals surface area contributed by atoms with Crippen molar-refractivity contribution in [2.45, 2.75) is 62.0 Å². The maximum atomic E-state index is 13.1. The molecule has 0 spiro atoms. The Bertz CT molecular complexity index is 928. The number of carbonyl (C=O) groups excluding carboxylic acids is 2. The molecule has 1 unspecified atom stereocenters. The third-order valence-corrected chi connectivity index (χ3v) is 6.54. The first kappa shape index (κ1) is 19.0. The van der Waals surface area contributed by atoms with Crippen molar-refractivity contribution in [2.24, 2.45) is 0 Å². The Labute approximate surface area is 170 Å². The summed E-state index contributed by atoms with van der Waals surface area (Å²) in [5.74, 6) is 0.0246. The molecule has 2 aliphatic rings. The van der Waals surface area contributed by atoms with Gasteiger partial charge in [0.25, 0.3) is 11.8 Å². The first-order valence-corrected chi connectivity index (χ1v) is 10.7. The molecule has 3 heterocycles. The van der Waals surface area contributed by atoms with E-state index in [1.165, 1.54) is 18.2 Å². The van der Waals surface area contributed by atoms with Gasteiger partial charge in [0, 0.05) is 35.3 Å². The van der Waals surface area contributed by atoms with Crippen LogP contribution in [0.25, 0.3) is 0 Å². The highest BCUT2D eigenvalue weighted by Gasteiger charge is 2.31. The van der Waals surface area contributed by atoms with Gasteiger partial charge in [-0.05, 0) is 70.4 Å². The van der Waals surface area contributed by atoms with Gasteiger partial charge < -0.3 is 9.80 Å². The highest BCUT2D eigenvalue weighted by atomic mass is 32.2. The predicted octanol–water partition coefficient (Wildman–Crippen LogP) is 4.62. The number of hydrogen-bond donors (Lipinski definition) is 0. The van der Waals surface area contributed by atoms with Gasteiger partial charge in [0.15, 0.2) is 0 Å². The molecule has 2 aliphatic heterocycles. The number of likely N-dealkylation sites (tertiary alicyclic amines) is 1. The Balaban J connectivity index is 1.77. The van der Waals surface area contributed by atoms with Crippen LogP contribution in [0, 0.1) is 0 Å². The van der Waals surface area contributed by atoms with E-state index in [0.29, 0.717) is 16.2 Å². The van der Waals surface area contributed by atoms with E-state index < -0.39 is 0 Å². The van der Waals surface area contributed by atoms with Gasteiger partial charge in [-0.3, -0.25) is 9.59 Å². The zero-order chi connectivity index (χ0) is 19.8. The van der Waals surface area contributed by atoms with Crippen molar-refractivity contribution in [1.29, 1.82) is 0 Å². The number of anilines is 1. The van der Waals surface area contributed by atoms with Crippen LogP contribution >= 0.6 is 11.8 Å². The monoisotopic (exact) mass is 395 g/mol. The summed E-state index contributed by atoms with van der Waals surface area (Å²) < 4.78 is 0. The summed E-state index contributed by atoms with van der Waals surface area (Å²) >= 11 is 1.46. The average Bonchev–Trinajstić information content (AvgIpc) is 2.81. The molecule has 146 valence electrons. The summed E-state index contributed by atoms with van der Waals surface area (Å²) in [4.78, 5) is 35.4. The molecule has 1 aromatic heterocycles. The number of aromatic nitrogens is 1. The van der Waals surface area contributed by atoms with E-state index >= 15 is 0 Å². The van der Waals surface area contributed by atoms with Crippen molar-refractivity contribution in [1.82, 2.24) is 9.88 Å². The second-order valence-electron chi connectivity index (χ2n) is 7.75. The molecule has 1 fully saturated rings. The number of hydrogen-bond acceptors (Lipinski definition) is 4. The highest BCUT2D eigenvalue weighted by molar-refractivity contribution is 7.99. The summed E-state index contributed by atoms with van der Waals surface area (Å²) in [7, 11) is 0. The Morgan fingerprint density at radius 3 is 2.82 bits per heavy atom. The van der Waals surface area contributed by atoms with E-state index in [0.717, 1.165) is 30.0 Å². The minimum Gasteiger partial charge on any atom is -0.336 e. The fraction of sp³-hybridized carbons (Fsp3) is 0.409. The minimum absolute atomic E-state index is 0.00155. The SMILES string of the molecule is CC1CCCCN1C(=O)c1ccc2c(c1)Sc1ncccc1C(=O)N2C(C)C. The molecule has 1 aromatic carbocycles. The van der Waals surface area contributed by atoms with Crippen LogP contribution in [0.4, 0.5) is 5.69 Å². The van der Waals surface area contributed by atoms with Crippen molar-refractivity contribution in [3.63, 3.8) is 0 Å². The van der Waals surface area contributed by atoms with Gasteiger partial charge in [0.1, 0.15) is 5.03 Å². The second kappa shape index (κ2) is 7.59.